The fraction of sp³-hybridized carbons (Fsp3) is 0.500. The first-order chi connectivity index (χ1) is 14.3. The summed E-state index contributed by atoms with van der Waals surface area (Å²) < 4.78 is 44.5. The Morgan fingerprint density at radius 3 is 2.60 bits per heavy atom. The molecule has 0 aromatic carbocycles. The van der Waals surface area contributed by atoms with E-state index in [9.17, 15) is 13.2 Å². The molecule has 0 unspecified atom stereocenters. The first kappa shape index (κ1) is 20.8. The van der Waals surface area contributed by atoms with Gasteiger partial charge in [-0.25, -0.2) is 9.97 Å². The second-order valence-electron chi connectivity index (χ2n) is 7.82. The zero-order valence-corrected chi connectivity index (χ0v) is 16.7. The van der Waals surface area contributed by atoms with E-state index in [0.29, 0.717) is 18.9 Å². The molecule has 30 heavy (non-hydrogen) atoms. The molecule has 10 heteroatoms. The Balaban J connectivity index is 1.66. The SMILES string of the molecule is COC1CN(c2cc(C3(N)CCNCC3)cc(Nc3cc(C(F)(F)F)ccn3)n2)C1. The standard InChI is InChI=1S/C20H25F3N6O/c1-30-15-11-29(12-15)18-10-14(19(24)3-6-25-7-4-19)9-17(28-18)27-16-8-13(2-5-26-16)20(21,22)23/h2,5,8-10,15,25H,3-4,6-7,11-12,24H2,1H3,(H,26,27,28). The topological polar surface area (TPSA) is 88.3 Å². The number of piperidine rings is 1. The molecule has 0 bridgehead atoms. The van der Waals surface area contributed by atoms with Gasteiger partial charge in [0.25, 0.3) is 0 Å². The maximum absolute atomic E-state index is 13.0. The molecule has 0 atom stereocenters. The first-order valence-corrected chi connectivity index (χ1v) is 9.87. The summed E-state index contributed by atoms with van der Waals surface area (Å²) >= 11 is 0. The normalized spacial score (nSPS) is 19.4. The van der Waals surface area contributed by atoms with E-state index >= 15 is 0 Å². The maximum Gasteiger partial charge on any atom is 0.416 e. The number of anilines is 3. The number of methoxy groups -OCH3 is 1. The number of nitrogens with zero attached hydrogens (tertiary/aromatic N) is 3. The Hall–Kier alpha value is -2.43. The lowest BCUT2D eigenvalue weighted by atomic mass is 9.82. The van der Waals surface area contributed by atoms with Gasteiger partial charge in [-0.1, -0.05) is 0 Å². The number of ether oxygens (including phenoxy) is 1. The molecule has 4 heterocycles. The van der Waals surface area contributed by atoms with Crippen LogP contribution in [0.5, 0.6) is 0 Å². The number of rotatable bonds is 5. The van der Waals surface area contributed by atoms with Crippen LogP contribution in [0.25, 0.3) is 0 Å². The zero-order chi connectivity index (χ0) is 21.4. The van der Waals surface area contributed by atoms with Crippen LogP contribution in [0.2, 0.25) is 0 Å². The Kier molecular flexibility index (Phi) is 5.56. The molecule has 0 saturated carbocycles. The highest BCUT2D eigenvalue weighted by atomic mass is 19.4. The van der Waals surface area contributed by atoms with Crippen molar-refractivity contribution < 1.29 is 17.9 Å². The summed E-state index contributed by atoms with van der Waals surface area (Å²) in [6, 6.07) is 5.70. The van der Waals surface area contributed by atoms with E-state index in [1.54, 1.807) is 7.11 Å². The van der Waals surface area contributed by atoms with Gasteiger partial charge in [-0.2, -0.15) is 13.2 Å². The lowest BCUT2D eigenvalue weighted by Gasteiger charge is -2.40. The third kappa shape index (κ3) is 4.35. The van der Waals surface area contributed by atoms with E-state index in [1.165, 1.54) is 0 Å². The van der Waals surface area contributed by atoms with Crippen molar-refractivity contribution >= 4 is 17.5 Å². The van der Waals surface area contributed by atoms with Gasteiger partial charge in [0.05, 0.1) is 11.7 Å². The average Bonchev–Trinajstić information content (AvgIpc) is 2.67. The number of aromatic nitrogens is 2. The number of alkyl halides is 3. The minimum Gasteiger partial charge on any atom is -0.378 e. The van der Waals surface area contributed by atoms with Crippen molar-refractivity contribution in [3.8, 4) is 0 Å². The molecule has 2 saturated heterocycles. The molecule has 0 aliphatic carbocycles. The van der Waals surface area contributed by atoms with Crippen LogP contribution in [0.4, 0.5) is 30.6 Å². The summed E-state index contributed by atoms with van der Waals surface area (Å²) in [6.45, 7) is 3.02. The Bertz CT molecular complexity index is 894. The van der Waals surface area contributed by atoms with Gasteiger partial charge >= 0.3 is 6.18 Å². The van der Waals surface area contributed by atoms with E-state index in [-0.39, 0.29) is 11.9 Å². The summed E-state index contributed by atoms with van der Waals surface area (Å²) in [6.07, 6.45) is -1.64. The fourth-order valence-electron chi connectivity index (χ4n) is 3.77. The second-order valence-corrected chi connectivity index (χ2v) is 7.82. The lowest BCUT2D eigenvalue weighted by Crippen LogP contribution is -2.52. The molecule has 2 fully saturated rings. The van der Waals surface area contributed by atoms with E-state index in [1.807, 2.05) is 12.1 Å². The monoisotopic (exact) mass is 422 g/mol. The predicted molar refractivity (Wildman–Crippen MR) is 108 cm³/mol. The number of nitrogens with one attached hydrogen (secondary N) is 2. The molecule has 0 radical (unpaired) electrons. The number of hydrogen-bond donors (Lipinski definition) is 3. The van der Waals surface area contributed by atoms with E-state index in [0.717, 1.165) is 55.6 Å². The van der Waals surface area contributed by atoms with Crippen LogP contribution in [0, 0.1) is 0 Å². The van der Waals surface area contributed by atoms with Crippen molar-refractivity contribution in [2.24, 2.45) is 5.73 Å². The minimum absolute atomic E-state index is 0.0789. The van der Waals surface area contributed by atoms with Crippen molar-refractivity contribution in [2.75, 3.05) is 43.5 Å². The summed E-state index contributed by atoms with van der Waals surface area (Å²) in [4.78, 5) is 10.7. The Labute approximate surface area is 172 Å². The molecule has 0 amide bonds. The molecule has 7 nitrogen and oxygen atoms in total. The summed E-state index contributed by atoms with van der Waals surface area (Å²) in [5.41, 5.74) is 6.32. The second kappa shape index (κ2) is 8.01. The predicted octanol–water partition coefficient (Wildman–Crippen LogP) is 2.61. The number of halogens is 3. The van der Waals surface area contributed by atoms with Crippen molar-refractivity contribution in [3.05, 3.63) is 41.6 Å². The smallest absolute Gasteiger partial charge is 0.378 e. The molecular weight excluding hydrogens is 397 g/mol. The summed E-state index contributed by atoms with van der Waals surface area (Å²) in [5, 5.41) is 6.23. The highest BCUT2D eigenvalue weighted by molar-refractivity contribution is 5.59. The molecule has 4 rings (SSSR count). The van der Waals surface area contributed by atoms with Crippen LogP contribution in [0.1, 0.15) is 24.0 Å². The highest BCUT2D eigenvalue weighted by Crippen LogP contribution is 2.34. The molecular formula is C20H25F3N6O. The van der Waals surface area contributed by atoms with Gasteiger partial charge in [0.15, 0.2) is 0 Å². The maximum atomic E-state index is 13.0. The van der Waals surface area contributed by atoms with E-state index in [2.05, 4.69) is 25.5 Å². The van der Waals surface area contributed by atoms with E-state index in [4.69, 9.17) is 10.5 Å². The molecule has 162 valence electrons. The van der Waals surface area contributed by atoms with Crippen molar-refractivity contribution in [1.82, 2.24) is 15.3 Å². The molecule has 2 aliphatic rings. The lowest BCUT2D eigenvalue weighted by molar-refractivity contribution is -0.137. The number of nitrogens with two attached hydrogens (primary N) is 1. The van der Waals surface area contributed by atoms with Crippen LogP contribution in [-0.2, 0) is 16.5 Å². The van der Waals surface area contributed by atoms with Crippen molar-refractivity contribution in [3.63, 3.8) is 0 Å². The molecule has 2 aliphatic heterocycles. The van der Waals surface area contributed by atoms with Gasteiger partial charge < -0.3 is 26.0 Å². The Morgan fingerprint density at radius 1 is 1.20 bits per heavy atom. The van der Waals surface area contributed by atoms with Crippen molar-refractivity contribution in [1.29, 1.82) is 0 Å². The molecule has 4 N–H and O–H groups in total. The minimum atomic E-state index is -4.44. The van der Waals surface area contributed by atoms with Gasteiger partial charge in [0, 0.05) is 31.9 Å². The van der Waals surface area contributed by atoms with Crippen LogP contribution < -0.4 is 21.3 Å². The summed E-state index contributed by atoms with van der Waals surface area (Å²) in [5.74, 6) is 1.22. The third-order valence-corrected chi connectivity index (χ3v) is 5.73. The van der Waals surface area contributed by atoms with Gasteiger partial charge in [-0.3, -0.25) is 0 Å². The van der Waals surface area contributed by atoms with Gasteiger partial charge in [-0.15, -0.1) is 0 Å². The van der Waals surface area contributed by atoms with Crippen molar-refractivity contribution in [2.45, 2.75) is 30.7 Å². The van der Waals surface area contributed by atoms with Gasteiger partial charge in [-0.05, 0) is 55.8 Å². The zero-order valence-electron chi connectivity index (χ0n) is 16.7. The van der Waals surface area contributed by atoms with Gasteiger partial charge in [0.2, 0.25) is 0 Å². The molecule has 2 aromatic rings. The fourth-order valence-corrected chi connectivity index (χ4v) is 3.77. The largest absolute Gasteiger partial charge is 0.416 e. The van der Waals surface area contributed by atoms with Crippen LogP contribution in [0.3, 0.4) is 0 Å². The van der Waals surface area contributed by atoms with E-state index < -0.39 is 17.3 Å². The van der Waals surface area contributed by atoms with Crippen LogP contribution >= 0.6 is 0 Å². The Morgan fingerprint density at radius 2 is 1.93 bits per heavy atom. The average molecular weight is 422 g/mol. The quantitative estimate of drug-likeness (QED) is 0.683. The highest BCUT2D eigenvalue weighted by Gasteiger charge is 2.34. The number of pyridine rings is 2. The van der Waals surface area contributed by atoms with Crippen LogP contribution in [-0.4, -0.2) is 49.4 Å². The third-order valence-electron chi connectivity index (χ3n) is 5.73. The molecule has 2 aromatic heterocycles. The first-order valence-electron chi connectivity index (χ1n) is 9.87. The molecule has 0 spiro atoms. The van der Waals surface area contributed by atoms with Gasteiger partial charge in [0.1, 0.15) is 17.5 Å². The number of hydrogen-bond acceptors (Lipinski definition) is 7. The summed E-state index contributed by atoms with van der Waals surface area (Å²) in [7, 11) is 1.67. The van der Waals surface area contributed by atoms with Crippen LogP contribution in [0.15, 0.2) is 30.5 Å².